The summed E-state index contributed by atoms with van der Waals surface area (Å²) >= 11 is 0. The number of carbonyl (C=O) groups is 1. The average molecular weight is 403 g/mol. The molecule has 3 N–H and O–H groups in total. The molecular formula is C21H34N6O2. The molecule has 1 amide bonds. The summed E-state index contributed by atoms with van der Waals surface area (Å²) in [6.07, 6.45) is 2.86. The van der Waals surface area contributed by atoms with Crippen LogP contribution in [0.4, 0.5) is 16.4 Å². The molecule has 3 heterocycles. The first-order chi connectivity index (χ1) is 13.4. The smallest absolute Gasteiger partial charge is 0.413 e. The molecule has 0 aliphatic carbocycles. The van der Waals surface area contributed by atoms with Gasteiger partial charge in [0.2, 0.25) is 0 Å². The zero-order valence-electron chi connectivity index (χ0n) is 18.6. The summed E-state index contributed by atoms with van der Waals surface area (Å²) in [4.78, 5) is 18.3. The largest absolute Gasteiger partial charge is 0.465 e. The number of nitrogens with zero attached hydrogens (tertiary/aromatic N) is 4. The molecule has 2 aromatic heterocycles. The van der Waals surface area contributed by atoms with Gasteiger partial charge in [-0.15, -0.1) is 0 Å². The van der Waals surface area contributed by atoms with E-state index in [4.69, 9.17) is 4.98 Å². The second-order valence-corrected chi connectivity index (χ2v) is 9.92. The maximum atomic E-state index is 12.1. The first-order valence-corrected chi connectivity index (χ1v) is 10.3. The number of carboxylic acid groups (broad SMARTS) is 1. The number of hydrogen-bond donors (Lipinski definition) is 3. The number of amides is 1. The molecule has 1 aliphatic heterocycles. The van der Waals surface area contributed by atoms with Crippen molar-refractivity contribution in [3.8, 4) is 0 Å². The van der Waals surface area contributed by atoms with E-state index in [1.54, 1.807) is 16.8 Å². The van der Waals surface area contributed by atoms with Crippen molar-refractivity contribution in [1.29, 1.82) is 0 Å². The average Bonchev–Trinajstić information content (AvgIpc) is 2.99. The molecule has 29 heavy (non-hydrogen) atoms. The van der Waals surface area contributed by atoms with Crippen molar-refractivity contribution in [2.75, 3.05) is 16.8 Å². The van der Waals surface area contributed by atoms with Gasteiger partial charge in [-0.1, -0.05) is 13.8 Å². The van der Waals surface area contributed by atoms with Crippen molar-refractivity contribution in [2.45, 2.75) is 84.3 Å². The van der Waals surface area contributed by atoms with Crippen LogP contribution in [0.3, 0.4) is 0 Å². The van der Waals surface area contributed by atoms with Gasteiger partial charge in [0.15, 0.2) is 5.65 Å². The molecule has 1 saturated heterocycles. The van der Waals surface area contributed by atoms with Gasteiger partial charge in [0.1, 0.15) is 11.6 Å². The van der Waals surface area contributed by atoms with Crippen LogP contribution in [0.2, 0.25) is 0 Å². The van der Waals surface area contributed by atoms with E-state index in [2.05, 4.69) is 43.4 Å². The number of aromatic nitrogens is 3. The SMILES string of the molecule is CC(C)c1cnn2c(N(C(=O)O)C(C)(C)C)cc(NC3CCC(C)(C)NC3)nc12. The lowest BCUT2D eigenvalue weighted by molar-refractivity contribution is 0.195. The van der Waals surface area contributed by atoms with Gasteiger partial charge < -0.3 is 15.7 Å². The highest BCUT2D eigenvalue weighted by atomic mass is 16.4. The molecule has 3 rings (SSSR count). The predicted octanol–water partition coefficient (Wildman–Crippen LogP) is 4.08. The topological polar surface area (TPSA) is 94.8 Å². The molecule has 1 aliphatic rings. The molecule has 1 atom stereocenters. The highest BCUT2D eigenvalue weighted by Gasteiger charge is 2.32. The van der Waals surface area contributed by atoms with Gasteiger partial charge in [-0.3, -0.25) is 4.90 Å². The fourth-order valence-electron chi connectivity index (χ4n) is 3.79. The second-order valence-electron chi connectivity index (χ2n) is 9.92. The molecule has 0 spiro atoms. The Kier molecular flexibility index (Phi) is 5.51. The Bertz CT molecular complexity index is 886. The summed E-state index contributed by atoms with van der Waals surface area (Å²) in [6.45, 7) is 15.1. The van der Waals surface area contributed by atoms with Crippen molar-refractivity contribution in [3.05, 3.63) is 17.8 Å². The first kappa shape index (κ1) is 21.4. The highest BCUT2D eigenvalue weighted by Crippen LogP contribution is 2.30. The van der Waals surface area contributed by atoms with Crippen molar-refractivity contribution < 1.29 is 9.90 Å². The van der Waals surface area contributed by atoms with Crippen LogP contribution >= 0.6 is 0 Å². The van der Waals surface area contributed by atoms with E-state index in [0.29, 0.717) is 17.3 Å². The summed E-state index contributed by atoms with van der Waals surface area (Å²) in [6, 6.07) is 2.03. The van der Waals surface area contributed by atoms with Crippen molar-refractivity contribution >= 4 is 23.4 Å². The molecule has 1 unspecified atom stereocenters. The molecule has 0 radical (unpaired) electrons. The molecule has 2 aromatic rings. The van der Waals surface area contributed by atoms with Crippen LogP contribution in [0.15, 0.2) is 12.3 Å². The fraction of sp³-hybridized carbons (Fsp3) is 0.667. The van der Waals surface area contributed by atoms with Crippen LogP contribution in [0.5, 0.6) is 0 Å². The quantitative estimate of drug-likeness (QED) is 0.713. The Labute approximate surface area is 172 Å². The van der Waals surface area contributed by atoms with Crippen molar-refractivity contribution in [2.24, 2.45) is 0 Å². The normalized spacial score (nSPS) is 19.5. The summed E-state index contributed by atoms with van der Waals surface area (Å²) in [5.41, 5.74) is 1.21. The van der Waals surface area contributed by atoms with E-state index in [1.165, 1.54) is 4.90 Å². The summed E-state index contributed by atoms with van der Waals surface area (Å²) < 4.78 is 1.64. The summed E-state index contributed by atoms with van der Waals surface area (Å²) in [5, 5.41) is 21.5. The van der Waals surface area contributed by atoms with Crippen molar-refractivity contribution in [1.82, 2.24) is 19.9 Å². The number of fused-ring (bicyclic) bond motifs is 1. The fourth-order valence-corrected chi connectivity index (χ4v) is 3.79. The van der Waals surface area contributed by atoms with E-state index in [-0.39, 0.29) is 17.5 Å². The molecule has 8 heteroatoms. The third kappa shape index (κ3) is 4.47. The zero-order chi connectivity index (χ0) is 21.6. The Balaban J connectivity index is 2.07. The summed E-state index contributed by atoms with van der Waals surface area (Å²) in [7, 11) is 0. The third-order valence-electron chi connectivity index (χ3n) is 5.49. The highest BCUT2D eigenvalue weighted by molar-refractivity contribution is 5.87. The minimum absolute atomic E-state index is 0.142. The van der Waals surface area contributed by atoms with Gasteiger partial charge in [-0.2, -0.15) is 9.61 Å². The lowest BCUT2D eigenvalue weighted by Gasteiger charge is -2.36. The van der Waals surface area contributed by atoms with Crippen LogP contribution in [-0.2, 0) is 0 Å². The van der Waals surface area contributed by atoms with Gasteiger partial charge in [-0.05, 0) is 53.4 Å². The van der Waals surface area contributed by atoms with E-state index in [0.717, 1.165) is 24.9 Å². The Morgan fingerprint density at radius 2 is 2.10 bits per heavy atom. The Hall–Kier alpha value is -2.35. The Morgan fingerprint density at radius 1 is 1.41 bits per heavy atom. The molecule has 8 nitrogen and oxygen atoms in total. The van der Waals surface area contributed by atoms with Crippen LogP contribution in [0, 0.1) is 0 Å². The van der Waals surface area contributed by atoms with Crippen LogP contribution < -0.4 is 15.5 Å². The minimum atomic E-state index is -1.02. The Morgan fingerprint density at radius 3 is 2.62 bits per heavy atom. The molecule has 0 bridgehead atoms. The third-order valence-corrected chi connectivity index (χ3v) is 5.49. The number of piperidine rings is 1. The monoisotopic (exact) mass is 402 g/mol. The molecule has 0 aromatic carbocycles. The van der Waals surface area contributed by atoms with Gasteiger partial charge in [-0.25, -0.2) is 9.78 Å². The van der Waals surface area contributed by atoms with E-state index < -0.39 is 11.6 Å². The zero-order valence-corrected chi connectivity index (χ0v) is 18.6. The van der Waals surface area contributed by atoms with E-state index >= 15 is 0 Å². The number of rotatable bonds is 4. The van der Waals surface area contributed by atoms with E-state index in [9.17, 15) is 9.90 Å². The summed E-state index contributed by atoms with van der Waals surface area (Å²) in [5.74, 6) is 1.40. The lowest BCUT2D eigenvalue weighted by atomic mass is 9.91. The maximum Gasteiger partial charge on any atom is 0.413 e. The molecule has 160 valence electrons. The molecule has 0 saturated carbocycles. The lowest BCUT2D eigenvalue weighted by Crippen LogP contribution is -2.50. The molecule has 1 fully saturated rings. The van der Waals surface area contributed by atoms with Gasteiger partial charge in [0.05, 0.1) is 6.20 Å². The molecular weight excluding hydrogens is 368 g/mol. The van der Waals surface area contributed by atoms with Gasteiger partial charge >= 0.3 is 6.09 Å². The van der Waals surface area contributed by atoms with Crippen LogP contribution in [0.25, 0.3) is 5.65 Å². The standard InChI is InChI=1S/C21H34N6O2/c1-13(2)15-12-23-27-17(26(19(28)29)20(3,4)5)10-16(25-18(15)27)24-14-8-9-21(6,7)22-11-14/h10,12-14,22H,8-9,11H2,1-7H3,(H,24,25)(H,28,29). The van der Waals surface area contributed by atoms with Crippen molar-refractivity contribution in [3.63, 3.8) is 0 Å². The van der Waals surface area contributed by atoms with E-state index in [1.807, 2.05) is 20.8 Å². The number of hydrogen-bond acceptors (Lipinski definition) is 5. The minimum Gasteiger partial charge on any atom is -0.465 e. The van der Waals surface area contributed by atoms with Gasteiger partial charge in [0.25, 0.3) is 0 Å². The number of anilines is 2. The van der Waals surface area contributed by atoms with Gasteiger partial charge in [0, 0.05) is 35.3 Å². The maximum absolute atomic E-state index is 12.1. The van der Waals surface area contributed by atoms with Crippen LogP contribution in [-0.4, -0.2) is 49.5 Å². The second kappa shape index (κ2) is 7.48. The predicted molar refractivity (Wildman–Crippen MR) is 116 cm³/mol. The van der Waals surface area contributed by atoms with Crippen LogP contribution in [0.1, 0.15) is 72.8 Å². The number of nitrogens with one attached hydrogen (secondary N) is 2. The first-order valence-electron chi connectivity index (χ1n) is 10.3.